The minimum atomic E-state index is 0.782. The summed E-state index contributed by atoms with van der Waals surface area (Å²) < 4.78 is 1.56. The van der Waals surface area contributed by atoms with Gasteiger partial charge in [0.1, 0.15) is 8.64 Å². The Labute approximate surface area is 81.5 Å². The lowest BCUT2D eigenvalue weighted by Crippen LogP contribution is -2.22. The van der Waals surface area contributed by atoms with E-state index in [9.17, 15) is 0 Å². The molecule has 1 aliphatic rings. The van der Waals surface area contributed by atoms with Crippen LogP contribution in [0.25, 0.3) is 0 Å². The zero-order chi connectivity index (χ0) is 8.10. The molecule has 1 saturated heterocycles. The third-order valence-electron chi connectivity index (χ3n) is 1.33. The van der Waals surface area contributed by atoms with E-state index in [4.69, 9.17) is 24.4 Å². The van der Waals surface area contributed by atoms with Crippen LogP contribution < -0.4 is 10.6 Å². The van der Waals surface area contributed by atoms with Gasteiger partial charge in [0.25, 0.3) is 0 Å². The first kappa shape index (κ1) is 9.22. The van der Waals surface area contributed by atoms with Gasteiger partial charge in [-0.3, -0.25) is 0 Å². The first-order valence-electron chi connectivity index (χ1n) is 3.52. The Kier molecular flexibility index (Phi) is 4.11. The van der Waals surface area contributed by atoms with E-state index in [1.807, 2.05) is 0 Å². The molecule has 2 N–H and O–H groups in total. The Morgan fingerprint density at radius 1 is 1.00 bits per heavy atom. The van der Waals surface area contributed by atoms with E-state index in [1.165, 1.54) is 11.8 Å². The fraction of sp³-hybridized carbons (Fsp3) is 0.667. The van der Waals surface area contributed by atoms with Crippen LogP contribution in [0.2, 0.25) is 0 Å². The molecule has 0 spiro atoms. The van der Waals surface area contributed by atoms with Gasteiger partial charge in [-0.1, -0.05) is 24.4 Å². The van der Waals surface area contributed by atoms with Gasteiger partial charge in [0.15, 0.2) is 0 Å². The second-order valence-electron chi connectivity index (χ2n) is 2.24. The molecule has 0 saturated carbocycles. The molecule has 1 fully saturated rings. The van der Waals surface area contributed by atoms with Crippen molar-refractivity contribution in [3.05, 3.63) is 0 Å². The average molecular weight is 206 g/mol. The zero-order valence-electron chi connectivity index (χ0n) is 6.05. The van der Waals surface area contributed by atoms with Gasteiger partial charge in [0.2, 0.25) is 0 Å². The van der Waals surface area contributed by atoms with Crippen molar-refractivity contribution in [2.75, 3.05) is 13.1 Å². The fourth-order valence-electron chi connectivity index (χ4n) is 0.787. The van der Waals surface area contributed by atoms with Crippen LogP contribution >= 0.6 is 36.2 Å². The smallest absolute Gasteiger partial charge is 0.140 e. The lowest BCUT2D eigenvalue weighted by Gasteiger charge is -2.03. The number of thioether (sulfide) groups is 1. The van der Waals surface area contributed by atoms with Gasteiger partial charge < -0.3 is 10.6 Å². The van der Waals surface area contributed by atoms with Gasteiger partial charge >= 0.3 is 0 Å². The molecule has 0 unspecified atom stereocenters. The molecule has 1 heterocycles. The molecule has 1 rings (SSSR count). The molecule has 62 valence electrons. The van der Waals surface area contributed by atoms with E-state index in [0.29, 0.717) is 0 Å². The van der Waals surface area contributed by atoms with Gasteiger partial charge in [0.05, 0.1) is 0 Å². The SMILES string of the molecule is S=C1NCCCCNC(=S)S1. The van der Waals surface area contributed by atoms with Gasteiger partial charge in [-0.2, -0.15) is 0 Å². The van der Waals surface area contributed by atoms with Crippen molar-refractivity contribution in [2.24, 2.45) is 0 Å². The van der Waals surface area contributed by atoms with Crippen molar-refractivity contribution in [3.63, 3.8) is 0 Å². The normalized spacial score (nSPS) is 20.7. The van der Waals surface area contributed by atoms with Crippen LogP contribution in [0.15, 0.2) is 0 Å². The van der Waals surface area contributed by atoms with E-state index in [1.54, 1.807) is 0 Å². The van der Waals surface area contributed by atoms with Gasteiger partial charge in [0, 0.05) is 13.1 Å². The van der Waals surface area contributed by atoms with Crippen molar-refractivity contribution >= 4 is 44.8 Å². The summed E-state index contributed by atoms with van der Waals surface area (Å²) in [7, 11) is 0. The van der Waals surface area contributed by atoms with Crippen molar-refractivity contribution in [1.29, 1.82) is 0 Å². The van der Waals surface area contributed by atoms with Crippen molar-refractivity contribution in [1.82, 2.24) is 10.6 Å². The fourth-order valence-corrected chi connectivity index (χ4v) is 2.17. The molecule has 0 aromatic heterocycles. The summed E-state index contributed by atoms with van der Waals surface area (Å²) in [5.74, 6) is 0. The largest absolute Gasteiger partial charge is 0.371 e. The lowest BCUT2D eigenvalue weighted by atomic mass is 10.3. The molecule has 5 heteroatoms. The zero-order valence-corrected chi connectivity index (χ0v) is 8.50. The lowest BCUT2D eigenvalue weighted by molar-refractivity contribution is 0.701. The highest BCUT2D eigenvalue weighted by Crippen LogP contribution is 2.05. The minimum Gasteiger partial charge on any atom is -0.371 e. The number of thiocarbonyl (C=S) groups is 2. The van der Waals surface area contributed by atoms with E-state index in [0.717, 1.165) is 34.6 Å². The summed E-state index contributed by atoms with van der Waals surface area (Å²) in [4.78, 5) is 0. The van der Waals surface area contributed by atoms with E-state index in [-0.39, 0.29) is 0 Å². The summed E-state index contributed by atoms with van der Waals surface area (Å²) >= 11 is 11.5. The molecule has 0 amide bonds. The molecular weight excluding hydrogens is 196 g/mol. The first-order chi connectivity index (χ1) is 5.29. The third kappa shape index (κ3) is 3.88. The van der Waals surface area contributed by atoms with Crippen LogP contribution in [0.5, 0.6) is 0 Å². The molecule has 0 radical (unpaired) electrons. The highest BCUT2D eigenvalue weighted by Gasteiger charge is 2.04. The maximum absolute atomic E-state index is 5.01. The van der Waals surface area contributed by atoms with E-state index >= 15 is 0 Å². The van der Waals surface area contributed by atoms with E-state index < -0.39 is 0 Å². The van der Waals surface area contributed by atoms with Crippen molar-refractivity contribution < 1.29 is 0 Å². The average Bonchev–Trinajstić information content (AvgIpc) is 2.02. The summed E-state index contributed by atoms with van der Waals surface area (Å²) in [5, 5.41) is 6.24. The molecular formula is C6H10N2S3. The number of nitrogens with one attached hydrogen (secondary N) is 2. The topological polar surface area (TPSA) is 24.1 Å². The van der Waals surface area contributed by atoms with Crippen LogP contribution in [-0.2, 0) is 0 Å². The van der Waals surface area contributed by atoms with Gasteiger partial charge in [-0.25, -0.2) is 0 Å². The van der Waals surface area contributed by atoms with E-state index in [2.05, 4.69) is 10.6 Å². The number of hydrogen-bond acceptors (Lipinski definition) is 3. The number of rotatable bonds is 0. The predicted octanol–water partition coefficient (Wildman–Crippen LogP) is 1.26. The monoisotopic (exact) mass is 206 g/mol. The van der Waals surface area contributed by atoms with Crippen LogP contribution in [0.4, 0.5) is 0 Å². The molecule has 0 aromatic rings. The van der Waals surface area contributed by atoms with Crippen LogP contribution in [-0.4, -0.2) is 21.7 Å². The molecule has 0 aromatic carbocycles. The van der Waals surface area contributed by atoms with Crippen LogP contribution in [0.1, 0.15) is 12.8 Å². The quantitative estimate of drug-likeness (QED) is 0.581. The predicted molar refractivity (Wildman–Crippen MR) is 58.0 cm³/mol. The van der Waals surface area contributed by atoms with Gasteiger partial charge in [-0.05, 0) is 24.6 Å². The van der Waals surface area contributed by atoms with Crippen LogP contribution in [0.3, 0.4) is 0 Å². The Morgan fingerprint density at radius 2 is 1.45 bits per heavy atom. The standard InChI is InChI=1S/C6H10N2S3/c9-5-7-3-1-2-4-8-6(10)11-5/h1-4H2,(H,7,9)(H,8,10). The van der Waals surface area contributed by atoms with Crippen molar-refractivity contribution in [2.45, 2.75) is 12.8 Å². The Bertz CT molecular complexity index is 151. The molecule has 1 aliphatic heterocycles. The molecule has 11 heavy (non-hydrogen) atoms. The molecule has 0 bridgehead atoms. The summed E-state index contributed by atoms with van der Waals surface area (Å²) in [5.41, 5.74) is 0. The second-order valence-corrected chi connectivity index (χ2v) is 4.59. The summed E-state index contributed by atoms with van der Waals surface area (Å²) in [6.07, 6.45) is 2.30. The number of hydrogen-bond donors (Lipinski definition) is 2. The van der Waals surface area contributed by atoms with Crippen molar-refractivity contribution in [3.8, 4) is 0 Å². The second kappa shape index (κ2) is 4.90. The Balaban J connectivity index is 2.39. The highest BCUT2D eigenvalue weighted by molar-refractivity contribution is 8.37. The summed E-state index contributed by atoms with van der Waals surface area (Å²) in [6, 6.07) is 0. The minimum absolute atomic E-state index is 0.782. The Morgan fingerprint density at radius 3 is 1.91 bits per heavy atom. The van der Waals surface area contributed by atoms with Crippen LogP contribution in [0, 0.1) is 0 Å². The molecule has 0 aliphatic carbocycles. The first-order valence-corrected chi connectivity index (χ1v) is 5.16. The van der Waals surface area contributed by atoms with Gasteiger partial charge in [-0.15, -0.1) is 0 Å². The molecule has 2 nitrogen and oxygen atoms in total. The third-order valence-corrected chi connectivity index (χ3v) is 2.78. The highest BCUT2D eigenvalue weighted by atomic mass is 32.2. The Hall–Kier alpha value is 0.130. The molecule has 0 atom stereocenters. The summed E-state index contributed by atoms with van der Waals surface area (Å²) in [6.45, 7) is 1.94. The maximum atomic E-state index is 5.01. The maximum Gasteiger partial charge on any atom is 0.140 e.